The first kappa shape index (κ1) is 18.0. The molecule has 5 heteroatoms. The van der Waals surface area contributed by atoms with Crippen LogP contribution in [-0.4, -0.2) is 35.8 Å². The molecule has 0 spiro atoms. The molecule has 0 N–H and O–H groups in total. The Morgan fingerprint density at radius 1 is 1.30 bits per heavy atom. The first-order valence-corrected chi connectivity index (χ1v) is 9.31. The molecule has 1 aromatic carbocycles. The maximum Gasteiger partial charge on any atom is 0.140 e. The molecule has 0 saturated carbocycles. The third kappa shape index (κ3) is 5.36. The molecule has 2 atom stereocenters. The molecule has 0 aliphatic carbocycles. The van der Waals surface area contributed by atoms with Gasteiger partial charge in [-0.25, -0.2) is 8.51 Å². The van der Waals surface area contributed by atoms with Gasteiger partial charge in [0.15, 0.2) is 0 Å². The van der Waals surface area contributed by atoms with Crippen LogP contribution in [0.1, 0.15) is 32.6 Å². The van der Waals surface area contributed by atoms with Crippen molar-refractivity contribution in [3.63, 3.8) is 0 Å². The summed E-state index contributed by atoms with van der Waals surface area (Å²) in [6.07, 6.45) is 8.69. The Bertz CT molecular complexity index is 559. The van der Waals surface area contributed by atoms with Gasteiger partial charge in [0.25, 0.3) is 0 Å². The standard InChI is InChI=1S/C18H27NO3S/c1-15-9-7-5-4-6-8-12-22-17-13-16(21-3)10-11-18(17)23(20)19(2)14-15/h5,7,10-11,13,15H,4,6,8-9,12,14H2,1-3H3/b7-5-/t15-,23?/m1/s1. The lowest BCUT2D eigenvalue weighted by molar-refractivity contribution is 0.296. The van der Waals surface area contributed by atoms with Crippen LogP contribution in [0.2, 0.25) is 0 Å². The lowest BCUT2D eigenvalue weighted by Crippen LogP contribution is -2.27. The van der Waals surface area contributed by atoms with Crippen molar-refractivity contribution in [3.8, 4) is 11.5 Å². The molecule has 1 unspecified atom stereocenters. The van der Waals surface area contributed by atoms with Gasteiger partial charge >= 0.3 is 0 Å². The van der Waals surface area contributed by atoms with E-state index in [1.807, 2.05) is 29.6 Å². The number of rotatable bonds is 1. The Balaban J connectivity index is 2.24. The number of ether oxygens (including phenoxy) is 2. The summed E-state index contributed by atoms with van der Waals surface area (Å²) >= 11 is 0. The summed E-state index contributed by atoms with van der Waals surface area (Å²) in [5.74, 6) is 1.85. The zero-order chi connectivity index (χ0) is 16.7. The minimum Gasteiger partial charge on any atom is -0.497 e. The van der Waals surface area contributed by atoms with Crippen LogP contribution in [0.5, 0.6) is 11.5 Å². The Labute approximate surface area is 142 Å². The summed E-state index contributed by atoms with van der Waals surface area (Å²) in [6, 6.07) is 5.51. The number of nitrogens with zero attached hydrogens (tertiary/aromatic N) is 1. The van der Waals surface area contributed by atoms with Crippen LogP contribution in [0.25, 0.3) is 0 Å². The highest BCUT2D eigenvalue weighted by molar-refractivity contribution is 7.82. The van der Waals surface area contributed by atoms with Crippen LogP contribution < -0.4 is 9.47 Å². The van der Waals surface area contributed by atoms with Gasteiger partial charge in [-0.15, -0.1) is 0 Å². The number of fused-ring (bicyclic) bond motifs is 1. The minimum atomic E-state index is -1.23. The van der Waals surface area contributed by atoms with Gasteiger partial charge in [-0.05, 0) is 43.7 Å². The average molecular weight is 337 g/mol. The smallest absolute Gasteiger partial charge is 0.140 e. The van der Waals surface area contributed by atoms with Crippen molar-refractivity contribution in [3.05, 3.63) is 30.4 Å². The number of methoxy groups -OCH3 is 1. The van der Waals surface area contributed by atoms with E-state index in [9.17, 15) is 4.21 Å². The summed E-state index contributed by atoms with van der Waals surface area (Å²) < 4.78 is 25.9. The monoisotopic (exact) mass is 337 g/mol. The van der Waals surface area contributed by atoms with E-state index >= 15 is 0 Å². The van der Waals surface area contributed by atoms with E-state index < -0.39 is 11.0 Å². The summed E-state index contributed by atoms with van der Waals surface area (Å²) in [5, 5.41) is 0. The Morgan fingerprint density at radius 2 is 2.13 bits per heavy atom. The van der Waals surface area contributed by atoms with Crippen molar-refractivity contribution < 1.29 is 13.7 Å². The molecule has 0 bridgehead atoms. The van der Waals surface area contributed by atoms with Gasteiger partial charge in [0, 0.05) is 19.7 Å². The van der Waals surface area contributed by atoms with E-state index in [1.54, 1.807) is 7.11 Å². The van der Waals surface area contributed by atoms with Gasteiger partial charge in [-0.1, -0.05) is 19.1 Å². The van der Waals surface area contributed by atoms with Crippen LogP contribution >= 0.6 is 0 Å². The Kier molecular flexibility index (Phi) is 7.12. The molecule has 1 heterocycles. The molecule has 4 nitrogen and oxygen atoms in total. The first-order chi connectivity index (χ1) is 11.1. The second-order valence-electron chi connectivity index (χ2n) is 6.03. The number of hydrogen-bond acceptors (Lipinski definition) is 3. The van der Waals surface area contributed by atoms with E-state index in [2.05, 4.69) is 19.1 Å². The summed E-state index contributed by atoms with van der Waals surface area (Å²) in [7, 11) is 2.29. The van der Waals surface area contributed by atoms with E-state index in [0.29, 0.717) is 23.2 Å². The topological polar surface area (TPSA) is 38.8 Å². The number of hydrogen-bond donors (Lipinski definition) is 0. The van der Waals surface area contributed by atoms with Gasteiger partial charge in [0.1, 0.15) is 22.5 Å². The summed E-state index contributed by atoms with van der Waals surface area (Å²) in [5.41, 5.74) is 0. The summed E-state index contributed by atoms with van der Waals surface area (Å²) in [6.45, 7) is 3.60. The fourth-order valence-corrected chi connectivity index (χ4v) is 3.81. The summed E-state index contributed by atoms with van der Waals surface area (Å²) in [4.78, 5) is 0.716. The first-order valence-electron chi connectivity index (χ1n) is 8.20. The van der Waals surface area contributed by atoms with E-state index in [1.165, 1.54) is 0 Å². The van der Waals surface area contributed by atoms with Gasteiger partial charge in [-0.3, -0.25) is 0 Å². The van der Waals surface area contributed by atoms with Crippen LogP contribution in [0, 0.1) is 5.92 Å². The fraction of sp³-hybridized carbons (Fsp3) is 0.556. The zero-order valence-electron chi connectivity index (χ0n) is 14.3. The van der Waals surface area contributed by atoms with E-state index in [4.69, 9.17) is 9.47 Å². The second-order valence-corrected chi connectivity index (χ2v) is 7.59. The van der Waals surface area contributed by atoms with Gasteiger partial charge in [0.05, 0.1) is 18.6 Å². The molecule has 0 fully saturated rings. The molecule has 1 aromatic rings. The predicted molar refractivity (Wildman–Crippen MR) is 94.3 cm³/mol. The maximum absolute atomic E-state index is 12.8. The molecule has 0 amide bonds. The normalized spacial score (nSPS) is 25.7. The predicted octanol–water partition coefficient (Wildman–Crippen LogP) is 3.79. The average Bonchev–Trinajstić information content (AvgIpc) is 2.55. The lowest BCUT2D eigenvalue weighted by atomic mass is 10.1. The molecular formula is C18H27NO3S. The van der Waals surface area contributed by atoms with Crippen molar-refractivity contribution >= 4 is 11.0 Å². The molecule has 23 heavy (non-hydrogen) atoms. The molecule has 0 radical (unpaired) electrons. The van der Waals surface area contributed by atoms with Crippen LogP contribution in [-0.2, 0) is 11.0 Å². The van der Waals surface area contributed by atoms with Crippen LogP contribution in [0.3, 0.4) is 0 Å². The minimum absolute atomic E-state index is 0.464. The van der Waals surface area contributed by atoms with Gasteiger partial charge in [0.2, 0.25) is 0 Å². The second kappa shape index (κ2) is 9.08. The Morgan fingerprint density at radius 3 is 2.91 bits per heavy atom. The molecule has 0 saturated heterocycles. The third-order valence-electron chi connectivity index (χ3n) is 3.92. The highest BCUT2D eigenvalue weighted by Crippen LogP contribution is 2.29. The van der Waals surface area contributed by atoms with Crippen LogP contribution in [0.15, 0.2) is 35.2 Å². The van der Waals surface area contributed by atoms with Gasteiger partial charge < -0.3 is 9.47 Å². The third-order valence-corrected chi connectivity index (χ3v) is 5.35. The molecule has 0 aromatic heterocycles. The quantitative estimate of drug-likeness (QED) is 0.732. The van der Waals surface area contributed by atoms with Crippen molar-refractivity contribution in [1.82, 2.24) is 4.31 Å². The SMILES string of the molecule is COc1ccc2c(c1)OCCCC/C=C\C[C@@H](C)CN(C)S2=O. The van der Waals surface area contributed by atoms with Crippen molar-refractivity contribution in [2.75, 3.05) is 27.3 Å². The number of benzene rings is 1. The highest BCUT2D eigenvalue weighted by atomic mass is 32.2. The maximum atomic E-state index is 12.8. The molecule has 1 aliphatic rings. The molecular weight excluding hydrogens is 310 g/mol. The lowest BCUT2D eigenvalue weighted by Gasteiger charge is -2.21. The van der Waals surface area contributed by atoms with E-state index in [-0.39, 0.29) is 0 Å². The molecule has 2 rings (SSSR count). The zero-order valence-corrected chi connectivity index (χ0v) is 15.1. The number of allylic oxidation sites excluding steroid dienone is 2. The Hall–Kier alpha value is -1.33. The van der Waals surface area contributed by atoms with Crippen molar-refractivity contribution in [2.45, 2.75) is 37.5 Å². The molecule has 128 valence electrons. The van der Waals surface area contributed by atoms with Crippen molar-refractivity contribution in [1.29, 1.82) is 0 Å². The van der Waals surface area contributed by atoms with Gasteiger partial charge in [-0.2, -0.15) is 0 Å². The van der Waals surface area contributed by atoms with Crippen molar-refractivity contribution in [2.24, 2.45) is 5.92 Å². The van der Waals surface area contributed by atoms with Crippen LogP contribution in [0.4, 0.5) is 0 Å². The largest absolute Gasteiger partial charge is 0.497 e. The molecule has 1 aliphatic heterocycles. The highest BCUT2D eigenvalue weighted by Gasteiger charge is 2.18. The van der Waals surface area contributed by atoms with E-state index in [0.717, 1.165) is 38.0 Å². The fourth-order valence-electron chi connectivity index (χ4n) is 2.61.